The number of aromatic amines is 1. The van der Waals surface area contributed by atoms with E-state index in [9.17, 15) is 0 Å². The van der Waals surface area contributed by atoms with Gasteiger partial charge in [-0.15, -0.1) is 0 Å². The monoisotopic (exact) mass is 311 g/mol. The molecule has 2 fully saturated rings. The van der Waals surface area contributed by atoms with Gasteiger partial charge in [0.2, 0.25) is 0 Å². The number of rotatable bonds is 3. The zero-order valence-corrected chi connectivity index (χ0v) is 14.0. The molecule has 0 radical (unpaired) electrons. The number of benzene rings is 1. The Morgan fingerprint density at radius 1 is 1.04 bits per heavy atom. The van der Waals surface area contributed by atoms with Crippen molar-refractivity contribution in [3.63, 3.8) is 0 Å². The topological polar surface area (TPSA) is 45.0 Å². The van der Waals surface area contributed by atoms with Crippen LogP contribution in [0, 0.1) is 5.92 Å². The van der Waals surface area contributed by atoms with E-state index in [2.05, 4.69) is 40.3 Å². The third-order valence-corrected chi connectivity index (χ3v) is 5.98. The zero-order valence-electron chi connectivity index (χ0n) is 14.0. The van der Waals surface area contributed by atoms with Gasteiger partial charge in [0.1, 0.15) is 0 Å². The molecule has 0 bridgehead atoms. The fraction of sp³-hybridized carbons (Fsp3) is 0.600. The first kappa shape index (κ1) is 15.2. The lowest BCUT2D eigenvalue weighted by molar-refractivity contribution is 0.112. The summed E-state index contributed by atoms with van der Waals surface area (Å²) in [4.78, 5) is 6.24. The van der Waals surface area contributed by atoms with Crippen molar-refractivity contribution in [1.29, 1.82) is 0 Å². The molecule has 1 saturated carbocycles. The Hall–Kier alpha value is -1.32. The number of fused-ring (bicyclic) bond motifs is 1. The van der Waals surface area contributed by atoms with Crippen LogP contribution >= 0.6 is 0 Å². The molecule has 23 heavy (non-hydrogen) atoms. The quantitative estimate of drug-likeness (QED) is 0.891. The van der Waals surface area contributed by atoms with Gasteiger partial charge in [-0.25, -0.2) is 0 Å². The van der Waals surface area contributed by atoms with E-state index in [1.165, 1.54) is 74.5 Å². The summed E-state index contributed by atoms with van der Waals surface area (Å²) in [6.07, 6.45) is 11.3. The lowest BCUT2D eigenvalue weighted by Gasteiger charge is -2.39. The predicted octanol–water partition coefficient (Wildman–Crippen LogP) is 4.21. The first-order chi connectivity index (χ1) is 11.3. The van der Waals surface area contributed by atoms with Gasteiger partial charge in [-0.1, -0.05) is 24.6 Å². The number of hydrogen-bond donors (Lipinski definition) is 2. The molecule has 2 aromatic rings. The van der Waals surface area contributed by atoms with Crippen molar-refractivity contribution in [3.8, 4) is 0 Å². The summed E-state index contributed by atoms with van der Waals surface area (Å²) < 4.78 is 0. The molecule has 1 aromatic carbocycles. The average molecular weight is 311 g/mol. The predicted molar refractivity (Wildman–Crippen MR) is 96.4 cm³/mol. The molecule has 2 heterocycles. The van der Waals surface area contributed by atoms with Crippen LogP contribution in [0.1, 0.15) is 56.6 Å². The summed E-state index contributed by atoms with van der Waals surface area (Å²) in [5.74, 6) is 0.848. The highest BCUT2D eigenvalue weighted by atomic mass is 15.2. The highest BCUT2D eigenvalue weighted by molar-refractivity contribution is 5.83. The van der Waals surface area contributed by atoms with Crippen molar-refractivity contribution in [2.75, 3.05) is 13.1 Å². The Bertz CT molecular complexity index is 639. The largest absolute Gasteiger partial charge is 0.361 e. The van der Waals surface area contributed by atoms with Gasteiger partial charge in [-0.2, -0.15) is 0 Å². The third-order valence-electron chi connectivity index (χ3n) is 5.98. The smallest absolute Gasteiger partial charge is 0.0457 e. The molecule has 124 valence electrons. The fourth-order valence-electron chi connectivity index (χ4n) is 4.63. The molecule has 3 N–H and O–H groups in total. The Balaban J connectivity index is 1.53. The summed E-state index contributed by atoms with van der Waals surface area (Å²) in [6, 6.07) is 9.79. The zero-order chi connectivity index (χ0) is 15.6. The van der Waals surface area contributed by atoms with Gasteiger partial charge >= 0.3 is 0 Å². The number of nitrogens with zero attached hydrogens (tertiary/aromatic N) is 1. The Kier molecular flexibility index (Phi) is 4.41. The Morgan fingerprint density at radius 2 is 1.87 bits per heavy atom. The van der Waals surface area contributed by atoms with E-state index in [1.54, 1.807) is 0 Å². The number of nitrogens with two attached hydrogens (primary N) is 1. The molecule has 2 aliphatic rings. The van der Waals surface area contributed by atoms with Crippen molar-refractivity contribution < 1.29 is 0 Å². The fourth-order valence-corrected chi connectivity index (χ4v) is 4.63. The molecule has 3 nitrogen and oxygen atoms in total. The van der Waals surface area contributed by atoms with Crippen molar-refractivity contribution in [2.24, 2.45) is 11.7 Å². The number of para-hydroxylation sites is 1. The van der Waals surface area contributed by atoms with Crippen LogP contribution in [0.4, 0.5) is 0 Å². The molecule has 1 aliphatic heterocycles. The van der Waals surface area contributed by atoms with E-state index < -0.39 is 0 Å². The van der Waals surface area contributed by atoms with Gasteiger partial charge in [0, 0.05) is 35.7 Å². The first-order valence-corrected chi connectivity index (χ1v) is 9.37. The van der Waals surface area contributed by atoms with Crippen LogP contribution in [0.5, 0.6) is 0 Å². The highest BCUT2D eigenvalue weighted by Gasteiger charge is 2.29. The standard InChI is InChI=1S/C20H29N3/c21-16-10-8-15(9-11-16)14-23-12-4-3-7-20(23)18-13-22-19-6-2-1-5-17(18)19/h1-2,5-6,13,15-16,20,22H,3-4,7-12,14,21H2. The number of aromatic nitrogens is 1. The minimum absolute atomic E-state index is 0.456. The summed E-state index contributed by atoms with van der Waals surface area (Å²) in [7, 11) is 0. The van der Waals surface area contributed by atoms with Crippen LogP contribution in [-0.2, 0) is 0 Å². The van der Waals surface area contributed by atoms with Gasteiger partial charge in [0.05, 0.1) is 0 Å². The summed E-state index contributed by atoms with van der Waals surface area (Å²) >= 11 is 0. The molecular formula is C20H29N3. The Labute approximate surface area is 139 Å². The molecular weight excluding hydrogens is 282 g/mol. The van der Waals surface area contributed by atoms with E-state index in [0.717, 1.165) is 5.92 Å². The van der Waals surface area contributed by atoms with E-state index in [1.807, 2.05) is 0 Å². The number of H-pyrrole nitrogens is 1. The van der Waals surface area contributed by atoms with E-state index >= 15 is 0 Å². The van der Waals surface area contributed by atoms with Crippen molar-refractivity contribution in [2.45, 2.75) is 57.0 Å². The van der Waals surface area contributed by atoms with Crippen LogP contribution in [0.3, 0.4) is 0 Å². The number of hydrogen-bond acceptors (Lipinski definition) is 2. The molecule has 3 heteroatoms. The minimum Gasteiger partial charge on any atom is -0.361 e. The molecule has 1 aliphatic carbocycles. The van der Waals surface area contributed by atoms with Gasteiger partial charge in [-0.05, 0) is 62.6 Å². The van der Waals surface area contributed by atoms with Crippen LogP contribution in [0.2, 0.25) is 0 Å². The summed E-state index contributed by atoms with van der Waals surface area (Å²) in [5, 5.41) is 1.41. The second kappa shape index (κ2) is 6.66. The molecule has 0 amide bonds. The maximum atomic E-state index is 6.08. The van der Waals surface area contributed by atoms with Gasteiger partial charge in [0.15, 0.2) is 0 Å². The minimum atomic E-state index is 0.456. The number of likely N-dealkylation sites (tertiary alicyclic amines) is 1. The van der Waals surface area contributed by atoms with E-state index in [-0.39, 0.29) is 0 Å². The molecule has 1 unspecified atom stereocenters. The molecule has 1 saturated heterocycles. The van der Waals surface area contributed by atoms with Crippen molar-refractivity contribution >= 4 is 10.9 Å². The number of piperidine rings is 1. The molecule has 1 aromatic heterocycles. The second-order valence-corrected chi connectivity index (χ2v) is 7.58. The van der Waals surface area contributed by atoms with Crippen molar-refractivity contribution in [1.82, 2.24) is 9.88 Å². The SMILES string of the molecule is NC1CCC(CN2CCCCC2c2c[nH]c3ccccc23)CC1. The highest BCUT2D eigenvalue weighted by Crippen LogP contribution is 2.36. The first-order valence-electron chi connectivity index (χ1n) is 9.37. The van der Waals surface area contributed by atoms with Crippen LogP contribution < -0.4 is 5.73 Å². The third kappa shape index (κ3) is 3.17. The molecule has 1 atom stereocenters. The van der Waals surface area contributed by atoms with Crippen LogP contribution in [0.15, 0.2) is 30.5 Å². The summed E-state index contributed by atoms with van der Waals surface area (Å²) in [5.41, 5.74) is 8.86. The maximum absolute atomic E-state index is 6.08. The Morgan fingerprint density at radius 3 is 2.74 bits per heavy atom. The van der Waals surface area contributed by atoms with Crippen molar-refractivity contribution in [3.05, 3.63) is 36.0 Å². The lowest BCUT2D eigenvalue weighted by Crippen LogP contribution is -2.39. The van der Waals surface area contributed by atoms with Gasteiger partial charge < -0.3 is 10.7 Å². The molecule has 4 rings (SSSR count). The number of nitrogens with one attached hydrogen (secondary N) is 1. The van der Waals surface area contributed by atoms with E-state index in [0.29, 0.717) is 12.1 Å². The normalized spacial score (nSPS) is 29.9. The van der Waals surface area contributed by atoms with Gasteiger partial charge in [-0.3, -0.25) is 4.90 Å². The van der Waals surface area contributed by atoms with Gasteiger partial charge in [0.25, 0.3) is 0 Å². The maximum Gasteiger partial charge on any atom is 0.0457 e. The van der Waals surface area contributed by atoms with Crippen LogP contribution in [0.25, 0.3) is 10.9 Å². The average Bonchev–Trinajstić information content (AvgIpc) is 3.01. The lowest BCUT2D eigenvalue weighted by atomic mass is 9.85. The second-order valence-electron chi connectivity index (χ2n) is 7.58. The summed E-state index contributed by atoms with van der Waals surface area (Å²) in [6.45, 7) is 2.52. The van der Waals surface area contributed by atoms with Crippen LogP contribution in [-0.4, -0.2) is 29.0 Å². The van der Waals surface area contributed by atoms with E-state index in [4.69, 9.17) is 5.73 Å². The molecule has 0 spiro atoms.